The highest BCUT2D eigenvalue weighted by Gasteiger charge is 2.11. The molecule has 0 bridgehead atoms. The van der Waals surface area contributed by atoms with Crippen molar-refractivity contribution in [2.45, 2.75) is 20.8 Å². The maximum absolute atomic E-state index is 4.79. The van der Waals surface area contributed by atoms with Crippen LogP contribution in [0.1, 0.15) is 22.3 Å². The summed E-state index contributed by atoms with van der Waals surface area (Å²) in [5.74, 6) is 0. The lowest BCUT2D eigenvalue weighted by atomic mass is 9.99. The fourth-order valence-electron chi connectivity index (χ4n) is 3.50. The van der Waals surface area contributed by atoms with E-state index in [1.807, 2.05) is 24.0 Å². The Hall–Kier alpha value is -3.24. The standard InChI is InChI=1S/C26H25N3S/c1-18-14-20(3)24(15-19(18)2)25-17-30-26(27-4)29(25)28-16-21-10-12-23(13-11-21)22-8-6-5-7-9-22/h5-17H,1-4H3. The molecule has 30 heavy (non-hydrogen) atoms. The lowest BCUT2D eigenvalue weighted by Gasteiger charge is -2.10. The van der Waals surface area contributed by atoms with Crippen LogP contribution in [-0.2, 0) is 0 Å². The maximum Gasteiger partial charge on any atom is 0.205 e. The van der Waals surface area contributed by atoms with Crippen molar-refractivity contribution in [2.75, 3.05) is 7.05 Å². The van der Waals surface area contributed by atoms with E-state index in [0.29, 0.717) is 0 Å². The first-order valence-electron chi connectivity index (χ1n) is 9.98. The van der Waals surface area contributed by atoms with Gasteiger partial charge in [0.2, 0.25) is 4.80 Å². The Morgan fingerprint density at radius 1 is 0.800 bits per heavy atom. The summed E-state index contributed by atoms with van der Waals surface area (Å²) in [7, 11) is 1.81. The largest absolute Gasteiger partial charge is 0.261 e. The van der Waals surface area contributed by atoms with E-state index in [0.717, 1.165) is 16.1 Å². The van der Waals surface area contributed by atoms with E-state index in [2.05, 4.69) is 91.8 Å². The zero-order chi connectivity index (χ0) is 21.1. The summed E-state index contributed by atoms with van der Waals surface area (Å²) in [4.78, 5) is 5.29. The predicted octanol–water partition coefficient (Wildman–Crippen LogP) is 6.22. The van der Waals surface area contributed by atoms with Crippen LogP contribution in [0.4, 0.5) is 0 Å². The van der Waals surface area contributed by atoms with E-state index in [1.54, 1.807) is 11.3 Å². The van der Waals surface area contributed by atoms with Gasteiger partial charge in [0.1, 0.15) is 0 Å². The van der Waals surface area contributed by atoms with Gasteiger partial charge in [-0.3, -0.25) is 4.99 Å². The molecule has 4 rings (SSSR count). The second kappa shape index (κ2) is 8.64. The van der Waals surface area contributed by atoms with Gasteiger partial charge in [-0.05, 0) is 60.2 Å². The van der Waals surface area contributed by atoms with Crippen molar-refractivity contribution in [2.24, 2.45) is 10.1 Å². The lowest BCUT2D eigenvalue weighted by Crippen LogP contribution is -2.12. The van der Waals surface area contributed by atoms with Crippen LogP contribution in [0, 0.1) is 20.8 Å². The van der Waals surface area contributed by atoms with Gasteiger partial charge in [-0.1, -0.05) is 60.7 Å². The SMILES string of the molecule is CN=c1scc(-c2cc(C)c(C)cc2C)n1N=Cc1ccc(-c2ccccc2)cc1. The summed E-state index contributed by atoms with van der Waals surface area (Å²) >= 11 is 1.61. The van der Waals surface area contributed by atoms with E-state index >= 15 is 0 Å². The third kappa shape index (κ3) is 4.05. The molecule has 0 saturated heterocycles. The second-order valence-corrected chi connectivity index (χ2v) is 8.26. The minimum atomic E-state index is 0.875. The van der Waals surface area contributed by atoms with Crippen molar-refractivity contribution in [1.29, 1.82) is 0 Å². The van der Waals surface area contributed by atoms with Crippen molar-refractivity contribution in [3.63, 3.8) is 0 Å². The first-order chi connectivity index (χ1) is 14.6. The number of thiazole rings is 1. The van der Waals surface area contributed by atoms with Gasteiger partial charge >= 0.3 is 0 Å². The first-order valence-corrected chi connectivity index (χ1v) is 10.9. The highest BCUT2D eigenvalue weighted by atomic mass is 32.1. The van der Waals surface area contributed by atoms with Crippen molar-refractivity contribution in [1.82, 2.24) is 4.68 Å². The van der Waals surface area contributed by atoms with Crippen LogP contribution in [0.5, 0.6) is 0 Å². The lowest BCUT2D eigenvalue weighted by molar-refractivity contribution is 0.847. The molecule has 1 aromatic heterocycles. The van der Waals surface area contributed by atoms with E-state index in [4.69, 9.17) is 5.10 Å². The summed E-state index contributed by atoms with van der Waals surface area (Å²) in [5, 5.41) is 6.92. The average Bonchev–Trinajstić information content (AvgIpc) is 3.18. The van der Waals surface area contributed by atoms with Gasteiger partial charge in [0, 0.05) is 18.0 Å². The third-order valence-electron chi connectivity index (χ3n) is 5.33. The Balaban J connectivity index is 1.69. The molecule has 0 spiro atoms. The molecular weight excluding hydrogens is 386 g/mol. The van der Waals surface area contributed by atoms with E-state index in [-0.39, 0.29) is 0 Å². The smallest absolute Gasteiger partial charge is 0.205 e. The fraction of sp³-hybridized carbons (Fsp3) is 0.154. The number of aryl methyl sites for hydroxylation is 3. The van der Waals surface area contributed by atoms with Crippen LogP contribution >= 0.6 is 11.3 Å². The van der Waals surface area contributed by atoms with Crippen molar-refractivity contribution < 1.29 is 0 Å². The summed E-state index contributed by atoms with van der Waals surface area (Å²) in [5.41, 5.74) is 9.57. The zero-order valence-electron chi connectivity index (χ0n) is 17.8. The van der Waals surface area contributed by atoms with Crippen LogP contribution < -0.4 is 4.80 Å². The maximum atomic E-state index is 4.79. The fourth-order valence-corrected chi connectivity index (χ4v) is 4.30. The van der Waals surface area contributed by atoms with E-state index < -0.39 is 0 Å². The summed E-state index contributed by atoms with van der Waals surface area (Å²) in [6, 6.07) is 23.3. The molecule has 0 amide bonds. The highest BCUT2D eigenvalue weighted by molar-refractivity contribution is 7.07. The third-order valence-corrected chi connectivity index (χ3v) is 6.24. The molecule has 0 aliphatic heterocycles. The Labute approximate surface area is 181 Å². The summed E-state index contributed by atoms with van der Waals surface area (Å²) < 4.78 is 1.94. The van der Waals surface area contributed by atoms with Gasteiger partial charge in [-0.2, -0.15) is 5.10 Å². The Morgan fingerprint density at radius 2 is 1.47 bits per heavy atom. The molecule has 1 heterocycles. The zero-order valence-corrected chi connectivity index (χ0v) is 18.6. The predicted molar refractivity (Wildman–Crippen MR) is 128 cm³/mol. The molecule has 0 atom stereocenters. The normalized spacial score (nSPS) is 12.1. The summed E-state index contributed by atoms with van der Waals surface area (Å²) in [6.45, 7) is 6.45. The van der Waals surface area contributed by atoms with Gasteiger partial charge in [-0.15, -0.1) is 11.3 Å². The number of hydrogen-bond donors (Lipinski definition) is 0. The molecule has 4 aromatic rings. The molecule has 0 fully saturated rings. The Morgan fingerprint density at radius 3 is 2.17 bits per heavy atom. The van der Waals surface area contributed by atoms with Gasteiger partial charge in [0.25, 0.3) is 0 Å². The first kappa shape index (κ1) is 20.0. The second-order valence-electron chi connectivity index (χ2n) is 7.42. The average molecular weight is 412 g/mol. The van der Waals surface area contributed by atoms with Crippen LogP contribution in [0.2, 0.25) is 0 Å². The van der Waals surface area contributed by atoms with Crippen molar-refractivity contribution >= 4 is 17.6 Å². The number of aromatic nitrogens is 1. The molecule has 4 heteroatoms. The molecule has 0 aliphatic rings. The number of benzene rings is 3. The molecule has 0 N–H and O–H groups in total. The summed E-state index contributed by atoms with van der Waals surface area (Å²) in [6.07, 6.45) is 1.90. The van der Waals surface area contributed by atoms with E-state index in [9.17, 15) is 0 Å². The highest BCUT2D eigenvalue weighted by Crippen LogP contribution is 2.27. The molecule has 150 valence electrons. The molecule has 0 radical (unpaired) electrons. The molecule has 0 saturated carbocycles. The Kier molecular flexibility index (Phi) is 5.77. The van der Waals surface area contributed by atoms with E-state index in [1.165, 1.54) is 33.4 Å². The molecule has 0 unspecified atom stereocenters. The van der Waals surface area contributed by atoms with Gasteiger partial charge in [-0.25, -0.2) is 4.68 Å². The Bertz CT molecular complexity index is 1260. The topological polar surface area (TPSA) is 29.6 Å². The minimum Gasteiger partial charge on any atom is -0.261 e. The van der Waals surface area contributed by atoms with Crippen LogP contribution in [0.3, 0.4) is 0 Å². The minimum absolute atomic E-state index is 0.875. The van der Waals surface area contributed by atoms with Gasteiger partial charge < -0.3 is 0 Å². The van der Waals surface area contributed by atoms with Gasteiger partial charge in [0.15, 0.2) is 0 Å². The number of rotatable bonds is 4. The van der Waals surface area contributed by atoms with Crippen LogP contribution in [0.25, 0.3) is 22.4 Å². The molecule has 0 aliphatic carbocycles. The van der Waals surface area contributed by atoms with Crippen molar-refractivity contribution in [3.8, 4) is 22.4 Å². The number of hydrogen-bond acceptors (Lipinski definition) is 3. The molecule has 3 nitrogen and oxygen atoms in total. The quantitative estimate of drug-likeness (QED) is 0.357. The molecule has 3 aromatic carbocycles. The van der Waals surface area contributed by atoms with Crippen molar-refractivity contribution in [3.05, 3.63) is 99.2 Å². The monoisotopic (exact) mass is 411 g/mol. The van der Waals surface area contributed by atoms with Crippen LogP contribution in [0.15, 0.2) is 82.2 Å². The van der Waals surface area contributed by atoms with Gasteiger partial charge in [0.05, 0.1) is 11.9 Å². The number of nitrogens with zero attached hydrogens (tertiary/aromatic N) is 3. The van der Waals surface area contributed by atoms with Crippen LogP contribution in [-0.4, -0.2) is 17.9 Å². The molecular formula is C26H25N3S.